The van der Waals surface area contributed by atoms with Crippen molar-refractivity contribution in [2.24, 2.45) is 5.92 Å². The molecule has 0 amide bonds. The number of rotatable bonds is 8. The van der Waals surface area contributed by atoms with E-state index >= 15 is 0 Å². The summed E-state index contributed by atoms with van der Waals surface area (Å²) in [6.07, 6.45) is 14.1. The highest BCUT2D eigenvalue weighted by molar-refractivity contribution is 5.89. The predicted molar refractivity (Wildman–Crippen MR) is 123 cm³/mol. The van der Waals surface area contributed by atoms with Gasteiger partial charge in [0.15, 0.2) is 0 Å². The average Bonchev–Trinajstić information content (AvgIpc) is 2.95. The zero-order chi connectivity index (χ0) is 21.0. The van der Waals surface area contributed by atoms with Gasteiger partial charge in [-0.15, -0.1) is 0 Å². The van der Waals surface area contributed by atoms with Gasteiger partial charge in [-0.1, -0.05) is 56.7 Å². The number of benzene rings is 1. The summed E-state index contributed by atoms with van der Waals surface area (Å²) < 4.78 is 7.57. The molecule has 1 aromatic rings. The Bertz CT molecular complexity index is 726. The van der Waals surface area contributed by atoms with Crippen LogP contribution in [0, 0.1) is 5.92 Å². The third kappa shape index (κ3) is 4.23. The molecule has 4 rings (SSSR count). The number of hydrogen-bond acceptors (Lipinski definition) is 2. The van der Waals surface area contributed by atoms with Crippen LogP contribution in [0.15, 0.2) is 36.4 Å². The number of fused-ring (bicyclic) bond motifs is 2. The summed E-state index contributed by atoms with van der Waals surface area (Å²) in [7, 11) is 0. The Morgan fingerprint density at radius 3 is 2.40 bits per heavy atom. The molecule has 0 aromatic heterocycles. The Labute approximate surface area is 183 Å². The van der Waals surface area contributed by atoms with Crippen LogP contribution in [0.5, 0.6) is 0 Å². The molecular formula is C27H40NO2+. The Balaban J connectivity index is 1.44. The van der Waals surface area contributed by atoms with Crippen molar-refractivity contribution in [3.05, 3.63) is 42.0 Å². The SMILES string of the molecule is CCCC[N+]1(CCC)[C@@H]2CC[C@H]1CC(OC(=O)C1CCCC=C1c1ccccc1)C2. The maximum atomic E-state index is 13.3. The van der Waals surface area contributed by atoms with Gasteiger partial charge in [0.05, 0.1) is 31.1 Å². The maximum Gasteiger partial charge on any atom is 0.313 e. The number of esters is 1. The van der Waals surface area contributed by atoms with Crippen molar-refractivity contribution in [3.63, 3.8) is 0 Å². The van der Waals surface area contributed by atoms with Crippen molar-refractivity contribution in [1.82, 2.24) is 0 Å². The number of nitrogens with zero attached hydrogens (tertiary/aromatic N) is 1. The quantitative estimate of drug-likeness (QED) is 0.380. The fourth-order valence-corrected chi connectivity index (χ4v) is 6.68. The number of unbranched alkanes of at least 4 members (excludes halogenated alkanes) is 1. The van der Waals surface area contributed by atoms with Crippen LogP contribution >= 0.6 is 0 Å². The van der Waals surface area contributed by atoms with Gasteiger partial charge in [-0.3, -0.25) is 4.79 Å². The Hall–Kier alpha value is -1.61. The topological polar surface area (TPSA) is 26.3 Å². The first-order chi connectivity index (χ1) is 14.7. The van der Waals surface area contributed by atoms with Crippen molar-refractivity contribution in [2.75, 3.05) is 13.1 Å². The van der Waals surface area contributed by atoms with E-state index in [4.69, 9.17) is 4.74 Å². The number of allylic oxidation sites excluding steroid dienone is 1. The fourth-order valence-electron chi connectivity index (χ4n) is 6.68. The van der Waals surface area contributed by atoms with Crippen LogP contribution in [0.3, 0.4) is 0 Å². The second-order valence-electron chi connectivity index (χ2n) is 9.83. The van der Waals surface area contributed by atoms with Crippen molar-refractivity contribution in [1.29, 1.82) is 0 Å². The summed E-state index contributed by atoms with van der Waals surface area (Å²) in [4.78, 5) is 13.3. The van der Waals surface area contributed by atoms with E-state index in [9.17, 15) is 4.79 Å². The molecule has 30 heavy (non-hydrogen) atoms. The van der Waals surface area contributed by atoms with Gasteiger partial charge < -0.3 is 9.22 Å². The predicted octanol–water partition coefficient (Wildman–Crippen LogP) is 6.13. The average molecular weight is 411 g/mol. The van der Waals surface area contributed by atoms with Gasteiger partial charge in [0, 0.05) is 25.7 Å². The number of piperidine rings is 1. The molecule has 3 aliphatic rings. The van der Waals surface area contributed by atoms with Gasteiger partial charge in [-0.25, -0.2) is 0 Å². The third-order valence-corrected chi connectivity index (χ3v) is 8.04. The van der Waals surface area contributed by atoms with Crippen LogP contribution in [0.1, 0.15) is 83.6 Å². The van der Waals surface area contributed by atoms with E-state index in [1.807, 2.05) is 6.07 Å². The molecule has 0 N–H and O–H groups in total. The number of carbonyl (C=O) groups excluding carboxylic acids is 1. The lowest BCUT2D eigenvalue weighted by Gasteiger charge is -2.50. The van der Waals surface area contributed by atoms with E-state index in [1.165, 1.54) is 60.8 Å². The number of hydrogen-bond donors (Lipinski definition) is 0. The van der Waals surface area contributed by atoms with E-state index < -0.39 is 0 Å². The molecular weight excluding hydrogens is 370 g/mol. The maximum absolute atomic E-state index is 13.3. The third-order valence-electron chi connectivity index (χ3n) is 8.04. The molecule has 2 aliphatic heterocycles. The normalized spacial score (nSPS) is 33.2. The second-order valence-corrected chi connectivity index (χ2v) is 9.83. The zero-order valence-corrected chi connectivity index (χ0v) is 19.0. The largest absolute Gasteiger partial charge is 0.461 e. The lowest BCUT2D eigenvalue weighted by Crippen LogP contribution is -2.62. The van der Waals surface area contributed by atoms with Crippen LogP contribution in [0.4, 0.5) is 0 Å². The molecule has 3 unspecified atom stereocenters. The first kappa shape index (κ1) is 21.6. The van der Waals surface area contributed by atoms with Crippen LogP contribution in [-0.2, 0) is 9.53 Å². The van der Waals surface area contributed by atoms with E-state index in [0.29, 0.717) is 12.1 Å². The molecule has 1 aliphatic carbocycles. The number of carbonyl (C=O) groups is 1. The number of ether oxygens (including phenoxy) is 1. The first-order valence-corrected chi connectivity index (χ1v) is 12.5. The highest BCUT2D eigenvalue weighted by atomic mass is 16.5. The summed E-state index contributed by atoms with van der Waals surface area (Å²) in [5, 5.41) is 0. The molecule has 164 valence electrons. The summed E-state index contributed by atoms with van der Waals surface area (Å²) >= 11 is 0. The monoisotopic (exact) mass is 410 g/mol. The van der Waals surface area contributed by atoms with Crippen molar-refractivity contribution >= 4 is 11.5 Å². The van der Waals surface area contributed by atoms with Crippen molar-refractivity contribution in [2.45, 2.75) is 96.2 Å². The molecule has 5 atom stereocenters. The molecule has 2 fully saturated rings. The highest BCUT2D eigenvalue weighted by Gasteiger charge is 2.54. The van der Waals surface area contributed by atoms with Crippen LogP contribution < -0.4 is 0 Å². The van der Waals surface area contributed by atoms with Crippen molar-refractivity contribution in [3.8, 4) is 0 Å². The van der Waals surface area contributed by atoms with E-state index in [-0.39, 0.29) is 18.0 Å². The summed E-state index contributed by atoms with van der Waals surface area (Å²) in [5.74, 6) is -0.0611. The van der Waals surface area contributed by atoms with Gasteiger partial charge in [0.1, 0.15) is 6.10 Å². The van der Waals surface area contributed by atoms with Gasteiger partial charge in [-0.05, 0) is 43.2 Å². The molecule has 3 nitrogen and oxygen atoms in total. The van der Waals surface area contributed by atoms with Crippen LogP contribution in [0.2, 0.25) is 0 Å². The van der Waals surface area contributed by atoms with Gasteiger partial charge in [0.2, 0.25) is 0 Å². The summed E-state index contributed by atoms with van der Waals surface area (Å²) in [6, 6.07) is 11.8. The molecule has 2 heterocycles. The molecule has 0 spiro atoms. The molecule has 0 radical (unpaired) electrons. The minimum Gasteiger partial charge on any atom is -0.461 e. The standard InChI is InChI=1S/C27H40NO2/c1-3-5-18-28(17-4-2)22-15-16-23(28)20-24(19-22)30-27(29)26-14-10-9-13-25(26)21-11-7-6-8-12-21/h6-8,11-13,22-24,26H,3-5,9-10,14-20H2,1-2H3/q+1/t22-,23+,24?,26?,28?. The number of quaternary nitrogens is 1. The smallest absolute Gasteiger partial charge is 0.313 e. The molecule has 3 heteroatoms. The van der Waals surface area contributed by atoms with E-state index in [2.05, 4.69) is 44.2 Å². The first-order valence-electron chi connectivity index (χ1n) is 12.5. The fraction of sp³-hybridized carbons (Fsp3) is 0.667. The summed E-state index contributed by atoms with van der Waals surface area (Å²) in [5.41, 5.74) is 2.37. The molecule has 2 bridgehead atoms. The molecule has 0 saturated carbocycles. The molecule has 2 saturated heterocycles. The summed E-state index contributed by atoms with van der Waals surface area (Å²) in [6.45, 7) is 7.27. The minimum absolute atomic E-state index is 0.0262. The Kier molecular flexibility index (Phi) is 6.98. The van der Waals surface area contributed by atoms with Crippen LogP contribution in [-0.4, -0.2) is 41.7 Å². The van der Waals surface area contributed by atoms with Crippen molar-refractivity contribution < 1.29 is 14.0 Å². The Morgan fingerprint density at radius 1 is 1.00 bits per heavy atom. The van der Waals surface area contributed by atoms with E-state index in [0.717, 1.165) is 32.1 Å². The van der Waals surface area contributed by atoms with Gasteiger partial charge >= 0.3 is 5.97 Å². The van der Waals surface area contributed by atoms with Gasteiger partial charge in [0.25, 0.3) is 0 Å². The highest BCUT2D eigenvalue weighted by Crippen LogP contribution is 2.45. The molecule has 1 aromatic carbocycles. The zero-order valence-electron chi connectivity index (χ0n) is 19.0. The van der Waals surface area contributed by atoms with Crippen LogP contribution in [0.25, 0.3) is 5.57 Å². The second kappa shape index (κ2) is 9.68. The minimum atomic E-state index is -0.0873. The Morgan fingerprint density at radius 2 is 1.73 bits per heavy atom. The van der Waals surface area contributed by atoms with Gasteiger partial charge in [-0.2, -0.15) is 0 Å². The lowest BCUT2D eigenvalue weighted by atomic mass is 9.83. The lowest BCUT2D eigenvalue weighted by molar-refractivity contribution is -0.966. The van der Waals surface area contributed by atoms with E-state index in [1.54, 1.807) is 0 Å².